The Morgan fingerprint density at radius 3 is 2.00 bits per heavy atom. The Balaban J connectivity index is 1.59. The smallest absolute Gasteiger partial charge is 0.246 e. The molecule has 24 heteroatoms. The maximum absolute atomic E-state index is 14.8. The highest BCUT2D eigenvalue weighted by Crippen LogP contribution is 2.25. The molecule has 5 rings (SSSR count). The van der Waals surface area contributed by atoms with E-state index in [2.05, 4.69) is 36.9 Å². The average molecular weight is 1060 g/mol. The fourth-order valence-corrected chi connectivity index (χ4v) is 10.6. The van der Waals surface area contributed by atoms with E-state index >= 15 is 0 Å². The summed E-state index contributed by atoms with van der Waals surface area (Å²) in [6.07, 6.45) is -0.746. The lowest BCUT2D eigenvalue weighted by molar-refractivity contribution is -0.144. The number of hydrogen-bond donors (Lipinski definition) is 13. The van der Waals surface area contributed by atoms with E-state index < -0.39 is 108 Å². The van der Waals surface area contributed by atoms with Crippen molar-refractivity contribution in [3.8, 4) is 5.75 Å². The van der Waals surface area contributed by atoms with Gasteiger partial charge < -0.3 is 74.3 Å². The lowest BCUT2D eigenvalue weighted by Crippen LogP contribution is -2.63. The third kappa shape index (κ3) is 16.7. The maximum Gasteiger partial charge on any atom is 0.246 e. The SMILES string of the molecule is C[C@@H](O)C1NC(=O)[C@H](CCCCN)NC(=O)[C@@H](Cc2c[nH]c3ccccc23)NC(=O)C(Cc2ccccc2)NC(=O)[C@@H](NC(=O)[C@@H](N)Cc2ccc(O)cc2)CSSCC(C(=O)N(C)[C@H](C(N)=O)[C@@H](C)O)NC1=O. The number of H-pyrrole nitrogens is 1. The second-order valence-electron chi connectivity index (χ2n) is 18.2. The molecule has 3 aromatic carbocycles. The Hall–Kier alpha value is -6.70. The molecule has 10 atom stereocenters. The number of fused-ring (bicyclic) bond motifs is 1. The number of primary amides is 1. The summed E-state index contributed by atoms with van der Waals surface area (Å²) in [5.41, 5.74) is 20.3. The molecule has 0 bridgehead atoms. The van der Waals surface area contributed by atoms with Crippen molar-refractivity contribution in [1.82, 2.24) is 41.8 Å². The Kier molecular flexibility index (Phi) is 22.1. The van der Waals surface area contributed by atoms with Crippen LogP contribution in [0.15, 0.2) is 85.1 Å². The first-order valence-corrected chi connectivity index (χ1v) is 26.6. The number of nitrogens with one attached hydrogen (secondary N) is 7. The van der Waals surface area contributed by atoms with E-state index in [1.807, 2.05) is 18.2 Å². The molecule has 16 N–H and O–H groups in total. The van der Waals surface area contributed by atoms with Gasteiger partial charge in [-0.2, -0.15) is 0 Å². The number of aliphatic hydroxyl groups excluding tert-OH is 2. The van der Waals surface area contributed by atoms with Gasteiger partial charge in [-0.25, -0.2) is 0 Å². The Bertz CT molecular complexity index is 2570. The van der Waals surface area contributed by atoms with Crippen LogP contribution in [0.1, 0.15) is 49.8 Å². The van der Waals surface area contributed by atoms with Crippen molar-refractivity contribution in [2.24, 2.45) is 17.2 Å². The highest BCUT2D eigenvalue weighted by Gasteiger charge is 2.38. The zero-order valence-corrected chi connectivity index (χ0v) is 43.0. The molecule has 8 amide bonds. The molecule has 0 spiro atoms. The standard InChI is InChI=1S/C50H67N11O11S2/c1-27(62)41-49(71)59-40(50(72)61(3)42(28(2)63)43(53)65)26-74-73-25-39(58-44(66)34(52)21-30-16-18-32(64)19-17-30)48(70)56-37(22-29-11-5-4-6-12-29)46(68)57-38(23-31-24-54-35-14-8-7-13-33(31)35)47(69)55-36(45(67)60-41)15-9-10-20-51/h4-8,11-14,16-19,24,27-28,34,36-42,54,62-64H,9-10,15,20-23,25-26,51-52H2,1-3H3,(H2,53,65)(H,55,69)(H,56,70)(H,57,68)(H,58,66)(H,59,71)(H,60,67)/t27-,28-,34+,36+,37?,38-,39+,40?,41?,42+/m1/s1. The molecule has 400 valence electrons. The summed E-state index contributed by atoms with van der Waals surface area (Å²) in [5.74, 6) is -7.58. The summed E-state index contributed by atoms with van der Waals surface area (Å²) in [6.45, 7) is 2.72. The molecule has 0 radical (unpaired) electrons. The number of nitrogens with zero attached hydrogens (tertiary/aromatic N) is 1. The van der Waals surface area contributed by atoms with Gasteiger partial charge in [0.15, 0.2) is 0 Å². The van der Waals surface area contributed by atoms with Crippen LogP contribution in [0.25, 0.3) is 10.9 Å². The molecule has 2 heterocycles. The molecule has 0 aliphatic carbocycles. The number of phenols is 1. The van der Waals surface area contributed by atoms with Crippen LogP contribution in [0.5, 0.6) is 5.75 Å². The summed E-state index contributed by atoms with van der Waals surface area (Å²) in [7, 11) is 3.14. The molecular weight excluding hydrogens is 995 g/mol. The van der Waals surface area contributed by atoms with E-state index in [0.717, 1.165) is 37.4 Å². The van der Waals surface area contributed by atoms with E-state index in [1.54, 1.807) is 54.7 Å². The molecule has 4 aromatic rings. The first-order chi connectivity index (χ1) is 35.3. The van der Waals surface area contributed by atoms with Crippen molar-refractivity contribution in [3.05, 3.63) is 102 Å². The van der Waals surface area contributed by atoms with Crippen molar-refractivity contribution in [2.75, 3.05) is 25.1 Å². The largest absolute Gasteiger partial charge is 0.508 e. The van der Waals surface area contributed by atoms with Crippen molar-refractivity contribution in [2.45, 2.75) is 113 Å². The molecule has 1 aromatic heterocycles. The first-order valence-electron chi connectivity index (χ1n) is 24.1. The van der Waals surface area contributed by atoms with Crippen LogP contribution in [0.3, 0.4) is 0 Å². The van der Waals surface area contributed by atoms with E-state index in [1.165, 1.54) is 33.0 Å². The van der Waals surface area contributed by atoms with E-state index in [4.69, 9.17) is 17.2 Å². The number of rotatable bonds is 17. The third-order valence-corrected chi connectivity index (χ3v) is 14.8. The van der Waals surface area contributed by atoms with Crippen molar-refractivity contribution in [1.29, 1.82) is 0 Å². The molecule has 1 fully saturated rings. The van der Waals surface area contributed by atoms with Crippen molar-refractivity contribution in [3.63, 3.8) is 0 Å². The number of aromatic hydroxyl groups is 1. The van der Waals surface area contributed by atoms with Gasteiger partial charge in [0.05, 0.1) is 18.2 Å². The van der Waals surface area contributed by atoms with Crippen LogP contribution in [-0.4, -0.2) is 158 Å². The Morgan fingerprint density at radius 1 is 0.743 bits per heavy atom. The van der Waals surface area contributed by atoms with E-state index in [-0.39, 0.29) is 49.5 Å². The number of aliphatic hydroxyl groups is 2. The highest BCUT2D eigenvalue weighted by atomic mass is 33.1. The van der Waals surface area contributed by atoms with Crippen LogP contribution >= 0.6 is 21.6 Å². The van der Waals surface area contributed by atoms with Gasteiger partial charge in [0.2, 0.25) is 47.3 Å². The molecule has 1 aliphatic heterocycles. The van der Waals surface area contributed by atoms with E-state index in [0.29, 0.717) is 29.5 Å². The maximum atomic E-state index is 14.8. The second kappa shape index (κ2) is 28.1. The molecular formula is C50H67N11O11S2. The number of aromatic nitrogens is 1. The number of carbonyl (C=O) groups excluding carboxylic acids is 8. The average Bonchev–Trinajstić information content (AvgIpc) is 3.77. The highest BCUT2D eigenvalue weighted by molar-refractivity contribution is 8.76. The fourth-order valence-electron chi connectivity index (χ4n) is 8.27. The predicted octanol–water partition coefficient (Wildman–Crippen LogP) is -1.26. The monoisotopic (exact) mass is 1060 g/mol. The fraction of sp³-hybridized carbons (Fsp3) is 0.440. The Labute approximate surface area is 436 Å². The van der Waals surface area contributed by atoms with Gasteiger partial charge in [-0.1, -0.05) is 82.3 Å². The minimum Gasteiger partial charge on any atom is -0.508 e. The summed E-state index contributed by atoms with van der Waals surface area (Å²) < 4.78 is 0. The van der Waals surface area contributed by atoms with Crippen LogP contribution in [0, 0.1) is 0 Å². The minimum atomic E-state index is -1.72. The number of hydrogen-bond acceptors (Lipinski definition) is 15. The number of para-hydroxylation sites is 1. The van der Waals surface area contributed by atoms with Gasteiger partial charge in [-0.3, -0.25) is 38.4 Å². The van der Waals surface area contributed by atoms with Crippen LogP contribution in [-0.2, 0) is 57.6 Å². The summed E-state index contributed by atoms with van der Waals surface area (Å²) >= 11 is 0. The van der Waals surface area contributed by atoms with E-state index in [9.17, 15) is 53.7 Å². The lowest BCUT2D eigenvalue weighted by Gasteiger charge is -2.32. The number of unbranched alkanes of at least 4 members (excludes halogenated alkanes) is 1. The second-order valence-corrected chi connectivity index (χ2v) is 20.7. The lowest BCUT2D eigenvalue weighted by atomic mass is 10.0. The summed E-state index contributed by atoms with van der Waals surface area (Å²) in [6, 6.07) is 10.6. The van der Waals surface area contributed by atoms with Crippen molar-refractivity contribution >= 4 is 79.7 Å². The number of carbonyl (C=O) groups is 8. The first kappa shape index (κ1) is 58.2. The van der Waals surface area contributed by atoms with Crippen LogP contribution in [0.2, 0.25) is 0 Å². The number of phenolic OH excluding ortho intramolecular Hbond substituents is 1. The molecule has 0 saturated carbocycles. The van der Waals surface area contributed by atoms with Crippen LogP contribution in [0.4, 0.5) is 0 Å². The summed E-state index contributed by atoms with van der Waals surface area (Å²) in [4.78, 5) is 117. The topological polar surface area (TPSA) is 367 Å². The zero-order chi connectivity index (χ0) is 54.1. The number of nitrogens with two attached hydrogens (primary N) is 3. The van der Waals surface area contributed by atoms with Gasteiger partial charge in [-0.15, -0.1) is 0 Å². The number of benzene rings is 3. The van der Waals surface area contributed by atoms with Crippen LogP contribution < -0.4 is 49.1 Å². The zero-order valence-electron chi connectivity index (χ0n) is 41.3. The van der Waals surface area contributed by atoms with Gasteiger partial charge in [0.1, 0.15) is 48.0 Å². The number of likely N-dealkylation sites (N-methyl/N-ethyl adjacent to an activating group) is 1. The Morgan fingerprint density at radius 2 is 1.35 bits per heavy atom. The molecule has 1 aliphatic rings. The van der Waals surface area contributed by atoms with Gasteiger partial charge in [0, 0.05) is 48.5 Å². The van der Waals surface area contributed by atoms with Gasteiger partial charge in [-0.05, 0) is 81.0 Å². The molecule has 74 heavy (non-hydrogen) atoms. The minimum absolute atomic E-state index is 0.00267. The molecule has 3 unspecified atom stereocenters. The van der Waals surface area contributed by atoms with Gasteiger partial charge >= 0.3 is 0 Å². The quantitative estimate of drug-likeness (QED) is 0.0434. The number of amides is 8. The molecule has 22 nitrogen and oxygen atoms in total. The normalized spacial score (nSPS) is 22.3. The summed E-state index contributed by atoms with van der Waals surface area (Å²) in [5, 5.41) is 48.0. The third-order valence-electron chi connectivity index (χ3n) is 12.3. The molecule has 1 saturated heterocycles. The predicted molar refractivity (Wildman–Crippen MR) is 280 cm³/mol. The van der Waals surface area contributed by atoms with Gasteiger partial charge in [0.25, 0.3) is 0 Å². The van der Waals surface area contributed by atoms with Crippen molar-refractivity contribution < 1.29 is 53.7 Å². The number of aromatic amines is 1.